The summed E-state index contributed by atoms with van der Waals surface area (Å²) >= 11 is 0. The third-order valence-electron chi connectivity index (χ3n) is 6.81. The lowest BCUT2D eigenvalue weighted by atomic mass is 9.94. The Balaban J connectivity index is 1.40. The van der Waals surface area contributed by atoms with Gasteiger partial charge in [-0.1, -0.05) is 24.3 Å². The number of amides is 1. The number of carbonyl (C=O) groups excluding carboxylic acids is 1. The van der Waals surface area contributed by atoms with E-state index in [0.717, 1.165) is 41.2 Å². The summed E-state index contributed by atoms with van der Waals surface area (Å²) in [5, 5.41) is 25.8. The third-order valence-corrected chi connectivity index (χ3v) is 6.81. The maximum Gasteiger partial charge on any atom is 0.241 e. The van der Waals surface area contributed by atoms with Crippen molar-refractivity contribution in [2.24, 2.45) is 0 Å². The summed E-state index contributed by atoms with van der Waals surface area (Å²) < 4.78 is 0. The van der Waals surface area contributed by atoms with E-state index in [4.69, 9.17) is 0 Å². The summed E-state index contributed by atoms with van der Waals surface area (Å²) in [4.78, 5) is 23.5. The molecule has 9 nitrogen and oxygen atoms in total. The highest BCUT2D eigenvalue weighted by molar-refractivity contribution is 5.83. The molecule has 1 amide bonds. The first kappa shape index (κ1) is 22.6. The highest BCUT2D eigenvalue weighted by atomic mass is 16.2. The van der Waals surface area contributed by atoms with Gasteiger partial charge in [0.25, 0.3) is 0 Å². The zero-order chi connectivity index (χ0) is 24.4. The van der Waals surface area contributed by atoms with Gasteiger partial charge in [-0.05, 0) is 48.2 Å². The van der Waals surface area contributed by atoms with E-state index in [2.05, 4.69) is 44.5 Å². The molecule has 2 aromatic carbocycles. The number of benzene rings is 2. The second-order valence-corrected chi connectivity index (χ2v) is 8.98. The van der Waals surface area contributed by atoms with Gasteiger partial charge in [0.2, 0.25) is 5.91 Å². The van der Waals surface area contributed by atoms with Crippen molar-refractivity contribution in [2.75, 3.05) is 39.3 Å². The molecule has 1 N–H and O–H groups in total. The number of piperazine rings is 2. The second kappa shape index (κ2) is 9.57. The highest BCUT2D eigenvalue weighted by Crippen LogP contribution is 2.30. The Kier molecular flexibility index (Phi) is 6.17. The minimum Gasteiger partial charge on any atom is -0.340 e. The zero-order valence-electron chi connectivity index (χ0n) is 19.6. The standard InChI is InChI=1S/C26H26N8O/c1-18-29-25(31-30-18)22-6-5-20(23(14-22)21-4-2-3-19(13-21)15-27)7-8-34-12-11-33-10-9-32(17-28)16-24(33)26(34)35/h2-6,13-14,24H,7-12,16H2,1H3,(H,29,30,31)/t24-/m1/s1. The molecule has 2 aliphatic rings. The normalized spacial score (nSPS) is 18.1. The molecule has 9 heteroatoms. The fourth-order valence-corrected chi connectivity index (χ4v) is 4.89. The van der Waals surface area contributed by atoms with Gasteiger partial charge in [0.1, 0.15) is 11.9 Å². The van der Waals surface area contributed by atoms with Crippen molar-refractivity contribution in [3.63, 3.8) is 0 Å². The van der Waals surface area contributed by atoms with Crippen molar-refractivity contribution >= 4 is 5.91 Å². The minimum atomic E-state index is -0.250. The molecule has 35 heavy (non-hydrogen) atoms. The Morgan fingerprint density at radius 2 is 1.94 bits per heavy atom. The summed E-state index contributed by atoms with van der Waals surface area (Å²) in [5.41, 5.74) is 4.52. The number of carbonyl (C=O) groups is 1. The minimum absolute atomic E-state index is 0.0945. The van der Waals surface area contributed by atoms with Crippen LogP contribution in [-0.2, 0) is 11.2 Å². The van der Waals surface area contributed by atoms with Gasteiger partial charge < -0.3 is 9.80 Å². The van der Waals surface area contributed by atoms with Crippen LogP contribution >= 0.6 is 0 Å². The molecule has 176 valence electrons. The van der Waals surface area contributed by atoms with Crippen LogP contribution in [0.4, 0.5) is 0 Å². The first-order valence-electron chi connectivity index (χ1n) is 11.8. The number of rotatable bonds is 5. The zero-order valence-corrected chi connectivity index (χ0v) is 19.6. The number of aromatic amines is 1. The van der Waals surface area contributed by atoms with E-state index in [1.54, 1.807) is 11.0 Å². The van der Waals surface area contributed by atoms with E-state index in [1.165, 1.54) is 0 Å². The number of nitrogens with one attached hydrogen (secondary N) is 1. The van der Waals surface area contributed by atoms with Crippen LogP contribution in [0.25, 0.3) is 22.5 Å². The van der Waals surface area contributed by atoms with Crippen molar-refractivity contribution in [3.8, 4) is 34.8 Å². The van der Waals surface area contributed by atoms with Crippen LogP contribution in [0.15, 0.2) is 42.5 Å². The smallest absolute Gasteiger partial charge is 0.241 e. The number of H-pyrrole nitrogens is 1. The van der Waals surface area contributed by atoms with Crippen LogP contribution in [0.1, 0.15) is 17.0 Å². The van der Waals surface area contributed by atoms with E-state index >= 15 is 0 Å². The van der Waals surface area contributed by atoms with Gasteiger partial charge in [-0.15, -0.1) is 0 Å². The number of fused-ring (bicyclic) bond motifs is 1. The maximum absolute atomic E-state index is 13.2. The molecule has 0 saturated carbocycles. The summed E-state index contributed by atoms with van der Waals surface area (Å²) in [6.07, 6.45) is 2.87. The number of hydrogen-bond acceptors (Lipinski definition) is 7. The van der Waals surface area contributed by atoms with Gasteiger partial charge in [0.05, 0.1) is 18.2 Å². The van der Waals surface area contributed by atoms with E-state index in [-0.39, 0.29) is 11.9 Å². The van der Waals surface area contributed by atoms with Crippen LogP contribution in [0.2, 0.25) is 0 Å². The van der Waals surface area contributed by atoms with Crippen molar-refractivity contribution in [3.05, 3.63) is 59.4 Å². The molecular weight excluding hydrogens is 440 g/mol. The van der Waals surface area contributed by atoms with Gasteiger partial charge in [-0.3, -0.25) is 14.8 Å². The van der Waals surface area contributed by atoms with E-state index in [0.29, 0.717) is 44.0 Å². The quantitative estimate of drug-likeness (QED) is 0.573. The van der Waals surface area contributed by atoms with E-state index in [1.807, 2.05) is 36.1 Å². The second-order valence-electron chi connectivity index (χ2n) is 8.98. The summed E-state index contributed by atoms with van der Waals surface area (Å²) in [6, 6.07) is 15.6. The van der Waals surface area contributed by atoms with Gasteiger partial charge >= 0.3 is 0 Å². The fraction of sp³-hybridized carbons (Fsp3) is 0.346. The van der Waals surface area contributed by atoms with Gasteiger partial charge in [-0.25, -0.2) is 4.98 Å². The van der Waals surface area contributed by atoms with E-state index in [9.17, 15) is 15.3 Å². The SMILES string of the molecule is Cc1nc(-c2ccc(CCN3CCN4CCN(C#N)C[C@@H]4C3=O)c(-c3cccc(C#N)c3)c2)n[nH]1. The molecule has 0 unspecified atom stereocenters. The molecule has 2 fully saturated rings. The molecule has 0 spiro atoms. The van der Waals surface area contributed by atoms with E-state index < -0.39 is 0 Å². The molecule has 0 radical (unpaired) electrons. The molecule has 5 rings (SSSR count). The van der Waals surface area contributed by atoms with Crippen molar-refractivity contribution < 1.29 is 4.79 Å². The van der Waals surface area contributed by atoms with Crippen molar-refractivity contribution in [1.29, 1.82) is 10.5 Å². The van der Waals surface area contributed by atoms with Crippen LogP contribution in [0.5, 0.6) is 0 Å². The number of aromatic nitrogens is 3. The van der Waals surface area contributed by atoms with Crippen LogP contribution in [-0.4, -0.2) is 81.1 Å². The number of aryl methyl sites for hydroxylation is 1. The van der Waals surface area contributed by atoms with Crippen LogP contribution in [0.3, 0.4) is 0 Å². The first-order valence-corrected chi connectivity index (χ1v) is 11.8. The van der Waals surface area contributed by atoms with Gasteiger partial charge in [0, 0.05) is 38.3 Å². The summed E-state index contributed by atoms with van der Waals surface area (Å²) in [7, 11) is 0. The molecule has 0 bridgehead atoms. The molecule has 0 aliphatic carbocycles. The lowest BCUT2D eigenvalue weighted by Crippen LogP contribution is -2.64. The van der Waals surface area contributed by atoms with Crippen LogP contribution < -0.4 is 0 Å². The van der Waals surface area contributed by atoms with Crippen LogP contribution in [0, 0.1) is 29.7 Å². The predicted octanol–water partition coefficient (Wildman–Crippen LogP) is 2.17. The Hall–Kier alpha value is -4.21. The average molecular weight is 467 g/mol. The Morgan fingerprint density at radius 3 is 2.71 bits per heavy atom. The third kappa shape index (κ3) is 4.59. The molecule has 2 saturated heterocycles. The maximum atomic E-state index is 13.2. The number of nitriles is 2. The number of hydrogen-bond donors (Lipinski definition) is 1. The molecule has 1 atom stereocenters. The lowest BCUT2D eigenvalue weighted by molar-refractivity contribution is -0.144. The average Bonchev–Trinajstić information content (AvgIpc) is 3.34. The Labute approximate surface area is 204 Å². The predicted molar refractivity (Wildman–Crippen MR) is 130 cm³/mol. The Bertz CT molecular complexity index is 1330. The first-order chi connectivity index (χ1) is 17.1. The molecule has 3 heterocycles. The monoisotopic (exact) mass is 466 g/mol. The topological polar surface area (TPSA) is 116 Å². The molecular formula is C26H26N8O. The summed E-state index contributed by atoms with van der Waals surface area (Å²) in [6.45, 7) is 5.87. The van der Waals surface area contributed by atoms with Gasteiger partial charge in [-0.2, -0.15) is 15.6 Å². The highest BCUT2D eigenvalue weighted by Gasteiger charge is 2.38. The largest absolute Gasteiger partial charge is 0.340 e. The lowest BCUT2D eigenvalue weighted by Gasteiger charge is -2.45. The van der Waals surface area contributed by atoms with Gasteiger partial charge in [0.15, 0.2) is 12.0 Å². The molecule has 1 aromatic heterocycles. The summed E-state index contributed by atoms with van der Waals surface area (Å²) in [5.74, 6) is 1.46. The fourth-order valence-electron chi connectivity index (χ4n) is 4.89. The number of nitrogens with zero attached hydrogens (tertiary/aromatic N) is 7. The van der Waals surface area contributed by atoms with Crippen molar-refractivity contribution in [2.45, 2.75) is 19.4 Å². The van der Waals surface area contributed by atoms with Crippen molar-refractivity contribution in [1.82, 2.24) is 29.9 Å². The molecule has 3 aromatic rings. The Morgan fingerprint density at radius 1 is 1.09 bits per heavy atom. The molecule has 2 aliphatic heterocycles.